The molecule has 0 spiro atoms. The van der Waals surface area contributed by atoms with Gasteiger partial charge in [-0.3, -0.25) is 10.3 Å². The van der Waals surface area contributed by atoms with Crippen LogP contribution < -0.4 is 5.32 Å². The van der Waals surface area contributed by atoms with E-state index in [2.05, 4.69) is 22.1 Å². The summed E-state index contributed by atoms with van der Waals surface area (Å²) in [6.45, 7) is 11.4. The van der Waals surface area contributed by atoms with E-state index in [0.29, 0.717) is 24.7 Å². The van der Waals surface area contributed by atoms with E-state index in [1.54, 1.807) is 16.8 Å². The van der Waals surface area contributed by atoms with Crippen molar-refractivity contribution < 1.29 is 14.6 Å². The largest absolute Gasteiger partial charge is 0.508 e. The SMILES string of the molecule is C/C=C/c1nn(-c2cc(C)cc(F)c2)cc1CCCC(O)NCc1ccc(O)cc1.C=NCCl.CC. The molecule has 0 aliphatic rings. The van der Waals surface area contributed by atoms with Gasteiger partial charge < -0.3 is 10.2 Å². The molecule has 0 aliphatic heterocycles. The number of nitrogens with zero attached hydrogens (tertiary/aromatic N) is 3. The lowest BCUT2D eigenvalue weighted by Gasteiger charge is -2.12. The van der Waals surface area contributed by atoms with Crippen LogP contribution in [0.25, 0.3) is 11.8 Å². The van der Waals surface area contributed by atoms with Gasteiger partial charge in [-0.15, -0.1) is 11.6 Å². The van der Waals surface area contributed by atoms with Gasteiger partial charge in [0.25, 0.3) is 0 Å². The van der Waals surface area contributed by atoms with E-state index < -0.39 is 6.23 Å². The summed E-state index contributed by atoms with van der Waals surface area (Å²) in [5.41, 5.74) is 4.44. The average molecular weight is 517 g/mol. The molecule has 1 aromatic heterocycles. The summed E-state index contributed by atoms with van der Waals surface area (Å²) in [5, 5.41) is 27.2. The quantitative estimate of drug-likeness (QED) is 0.126. The Hall–Kier alpha value is -3.00. The minimum atomic E-state index is -0.620. The Morgan fingerprint density at radius 2 is 1.89 bits per heavy atom. The van der Waals surface area contributed by atoms with Crippen molar-refractivity contribution in [3.63, 3.8) is 0 Å². The summed E-state index contributed by atoms with van der Waals surface area (Å²) < 4.78 is 15.5. The van der Waals surface area contributed by atoms with E-state index in [9.17, 15) is 14.6 Å². The first-order chi connectivity index (χ1) is 17.4. The number of aliphatic hydroxyl groups is 1. The lowest BCUT2D eigenvalue weighted by Crippen LogP contribution is -2.28. The second-order valence-electron chi connectivity index (χ2n) is 7.77. The molecule has 6 nitrogen and oxygen atoms in total. The fourth-order valence-corrected chi connectivity index (χ4v) is 3.33. The van der Waals surface area contributed by atoms with Gasteiger partial charge in [-0.25, -0.2) is 9.07 Å². The Labute approximate surface area is 219 Å². The lowest BCUT2D eigenvalue weighted by atomic mass is 10.1. The minimum Gasteiger partial charge on any atom is -0.508 e. The Morgan fingerprint density at radius 1 is 1.22 bits per heavy atom. The molecule has 3 rings (SSSR count). The molecule has 1 heterocycles. The first kappa shape index (κ1) is 31.0. The van der Waals surface area contributed by atoms with Crippen LogP contribution in [0.2, 0.25) is 0 Å². The molecule has 0 fully saturated rings. The van der Waals surface area contributed by atoms with Gasteiger partial charge >= 0.3 is 0 Å². The lowest BCUT2D eigenvalue weighted by molar-refractivity contribution is 0.123. The van der Waals surface area contributed by atoms with Crippen LogP contribution in [-0.2, 0) is 13.0 Å². The number of aliphatic imine (C=N–C) groups is 1. The minimum absolute atomic E-state index is 0.227. The number of nitrogens with one attached hydrogen (secondary N) is 1. The predicted molar refractivity (Wildman–Crippen MR) is 148 cm³/mol. The van der Waals surface area contributed by atoms with Crippen molar-refractivity contribution in [1.82, 2.24) is 15.1 Å². The number of halogens is 2. The highest BCUT2D eigenvalue weighted by atomic mass is 35.5. The van der Waals surface area contributed by atoms with E-state index in [-0.39, 0.29) is 11.6 Å². The molecule has 1 unspecified atom stereocenters. The fraction of sp³-hybridized carbons (Fsp3) is 0.357. The van der Waals surface area contributed by atoms with E-state index in [4.69, 9.17) is 11.6 Å². The zero-order valence-corrected chi connectivity index (χ0v) is 22.3. The van der Waals surface area contributed by atoms with Gasteiger partial charge in [0.2, 0.25) is 0 Å². The van der Waals surface area contributed by atoms with Crippen LogP contribution in [0.5, 0.6) is 5.75 Å². The number of hydrogen-bond donors (Lipinski definition) is 3. The molecular formula is C28H38ClFN4O2. The van der Waals surface area contributed by atoms with Gasteiger partial charge in [0, 0.05) is 12.7 Å². The van der Waals surface area contributed by atoms with Crippen LogP contribution in [0.15, 0.2) is 59.7 Å². The Kier molecular flexibility index (Phi) is 15.0. The van der Waals surface area contributed by atoms with Crippen LogP contribution in [0, 0.1) is 12.7 Å². The molecule has 196 valence electrons. The molecule has 0 bridgehead atoms. The molecular weight excluding hydrogens is 479 g/mol. The molecule has 36 heavy (non-hydrogen) atoms. The first-order valence-electron chi connectivity index (χ1n) is 12.0. The molecule has 2 aromatic carbocycles. The van der Waals surface area contributed by atoms with Gasteiger partial charge in [0.1, 0.15) is 23.8 Å². The molecule has 3 N–H and O–H groups in total. The molecule has 1 atom stereocenters. The zero-order chi connectivity index (χ0) is 26.9. The van der Waals surface area contributed by atoms with Gasteiger partial charge in [-0.05, 0) is 92.9 Å². The van der Waals surface area contributed by atoms with E-state index >= 15 is 0 Å². The summed E-state index contributed by atoms with van der Waals surface area (Å²) in [4.78, 5) is 3.25. The van der Waals surface area contributed by atoms with Crippen molar-refractivity contribution in [3.05, 3.63) is 82.9 Å². The Morgan fingerprint density at radius 3 is 2.47 bits per heavy atom. The Balaban J connectivity index is 0.000000982. The number of aliphatic hydroxyl groups excluding tert-OH is 1. The standard InChI is InChI=1S/C24H28FN3O2.C2H4ClN.C2H6/c1-3-5-23-19(16-28(27-23)21-13-17(2)12-20(25)14-21)6-4-7-24(30)26-15-18-8-10-22(29)11-9-18;1-4-2-3;1-2/h3,5,8-14,16,24,26,29-30H,4,6-7,15H2,1-2H3;1-2H2;1-2H3/b5-3+;;. The predicted octanol–water partition coefficient (Wildman–Crippen LogP) is 6.40. The summed E-state index contributed by atoms with van der Waals surface area (Å²) in [7, 11) is 0. The second kappa shape index (κ2) is 17.4. The number of alkyl halides is 1. The maximum absolute atomic E-state index is 13.8. The number of hydrogen-bond acceptors (Lipinski definition) is 5. The maximum Gasteiger partial charge on any atom is 0.125 e. The molecule has 0 radical (unpaired) electrons. The fourth-order valence-electron chi connectivity index (χ4n) is 3.33. The summed E-state index contributed by atoms with van der Waals surface area (Å²) in [6, 6.07) is 12.1. The number of phenols is 1. The van der Waals surface area contributed by atoms with Crippen LogP contribution in [-0.4, -0.2) is 38.9 Å². The third-order valence-corrected chi connectivity index (χ3v) is 5.09. The molecule has 0 amide bonds. The molecule has 0 saturated carbocycles. The van der Waals surface area contributed by atoms with Crippen molar-refractivity contribution in [2.45, 2.75) is 59.7 Å². The summed E-state index contributed by atoms with van der Waals surface area (Å²) >= 11 is 4.96. The maximum atomic E-state index is 13.8. The number of aryl methyl sites for hydroxylation is 2. The van der Waals surface area contributed by atoms with Gasteiger partial charge in [0.05, 0.1) is 11.4 Å². The Bertz CT molecular complexity index is 1050. The number of allylic oxidation sites excluding steroid dienone is 1. The first-order valence-corrected chi connectivity index (χ1v) is 12.6. The van der Waals surface area contributed by atoms with E-state index in [1.165, 1.54) is 12.1 Å². The number of rotatable bonds is 10. The van der Waals surface area contributed by atoms with Crippen LogP contribution in [0.1, 0.15) is 56.0 Å². The number of benzene rings is 2. The van der Waals surface area contributed by atoms with Crippen LogP contribution in [0.3, 0.4) is 0 Å². The van der Waals surface area contributed by atoms with Crippen molar-refractivity contribution in [2.24, 2.45) is 4.99 Å². The third kappa shape index (κ3) is 11.2. The monoisotopic (exact) mass is 516 g/mol. The number of phenolic OH excluding ortho intramolecular Hbond substituents is 1. The smallest absolute Gasteiger partial charge is 0.125 e. The van der Waals surface area contributed by atoms with Crippen molar-refractivity contribution in [3.8, 4) is 11.4 Å². The molecule has 8 heteroatoms. The van der Waals surface area contributed by atoms with Gasteiger partial charge in [-0.1, -0.05) is 32.1 Å². The molecule has 3 aromatic rings. The van der Waals surface area contributed by atoms with E-state index in [1.807, 2.05) is 64.2 Å². The highest BCUT2D eigenvalue weighted by molar-refractivity contribution is 6.17. The molecule has 0 aliphatic carbocycles. The van der Waals surface area contributed by atoms with Crippen molar-refractivity contribution >= 4 is 24.4 Å². The number of aromatic hydroxyl groups is 1. The third-order valence-electron chi connectivity index (χ3n) is 4.92. The van der Waals surface area contributed by atoms with Crippen molar-refractivity contribution in [2.75, 3.05) is 6.00 Å². The highest BCUT2D eigenvalue weighted by Crippen LogP contribution is 2.19. The van der Waals surface area contributed by atoms with Crippen LogP contribution >= 0.6 is 11.6 Å². The van der Waals surface area contributed by atoms with Gasteiger partial charge in [0.15, 0.2) is 0 Å². The normalized spacial score (nSPS) is 11.3. The zero-order valence-electron chi connectivity index (χ0n) is 21.6. The topological polar surface area (TPSA) is 82.7 Å². The summed E-state index contributed by atoms with van der Waals surface area (Å²) in [5.74, 6) is -0.0531. The summed E-state index contributed by atoms with van der Waals surface area (Å²) in [6.07, 6.45) is 7.31. The van der Waals surface area contributed by atoms with E-state index in [0.717, 1.165) is 35.2 Å². The van der Waals surface area contributed by atoms with Crippen LogP contribution in [0.4, 0.5) is 4.39 Å². The van der Waals surface area contributed by atoms with Crippen molar-refractivity contribution in [1.29, 1.82) is 0 Å². The molecule has 0 saturated heterocycles. The highest BCUT2D eigenvalue weighted by Gasteiger charge is 2.11. The average Bonchev–Trinajstić information content (AvgIpc) is 3.27. The van der Waals surface area contributed by atoms with Gasteiger partial charge in [-0.2, -0.15) is 5.10 Å². The number of aromatic nitrogens is 2. The second-order valence-corrected chi connectivity index (χ2v) is 8.01.